The summed E-state index contributed by atoms with van der Waals surface area (Å²) in [5.74, 6) is 2.02. The van der Waals surface area contributed by atoms with Crippen molar-refractivity contribution in [3.63, 3.8) is 0 Å². The summed E-state index contributed by atoms with van der Waals surface area (Å²) in [6, 6.07) is 11.5. The Hall–Kier alpha value is -3.01. The summed E-state index contributed by atoms with van der Waals surface area (Å²) in [5, 5.41) is 10.1. The molecule has 0 radical (unpaired) electrons. The Morgan fingerprint density at radius 2 is 1.78 bits per heavy atom. The van der Waals surface area contributed by atoms with Crippen LogP contribution in [0.15, 0.2) is 36.4 Å². The van der Waals surface area contributed by atoms with Gasteiger partial charge in [0, 0.05) is 51.9 Å². The van der Waals surface area contributed by atoms with Crippen LogP contribution in [-0.4, -0.2) is 93.3 Å². The van der Waals surface area contributed by atoms with E-state index in [1.165, 1.54) is 0 Å². The first-order valence-corrected chi connectivity index (χ1v) is 14.7. The van der Waals surface area contributed by atoms with E-state index in [-0.39, 0.29) is 43.5 Å². The summed E-state index contributed by atoms with van der Waals surface area (Å²) in [4.78, 5) is 20.1. The molecule has 0 saturated carbocycles. The monoisotopic (exact) mass is 569 g/mol. The number of nitrogens with zero attached hydrogens (tertiary/aromatic N) is 3. The van der Waals surface area contributed by atoms with Crippen LogP contribution < -0.4 is 19.1 Å². The van der Waals surface area contributed by atoms with Crippen LogP contribution >= 0.6 is 0 Å². The molecular weight excluding hydrogens is 522 g/mol. The normalized spacial score (nSPS) is 22.6. The standard InChI is InChI=1S/C32H47N3O6/c1-22-17-35(23(2)20-36)32(37)27-16-26(33(4)5)11-13-28(27)41-24(3)9-7-8-14-38-31(22)19-34(6)18-25-10-12-29-30(15-25)40-21-39-29/h10-13,15-16,22-24,31,36H,7-9,14,17-21H2,1-6H3/t22-,23+,24+,31+/m0/s1. The zero-order chi connectivity index (χ0) is 29.5. The fraction of sp³-hybridized carbons (Fsp3) is 0.594. The van der Waals surface area contributed by atoms with Gasteiger partial charge in [-0.1, -0.05) is 13.0 Å². The summed E-state index contributed by atoms with van der Waals surface area (Å²) >= 11 is 0. The number of amides is 1. The summed E-state index contributed by atoms with van der Waals surface area (Å²) in [7, 11) is 6.00. The van der Waals surface area contributed by atoms with Gasteiger partial charge in [0.15, 0.2) is 11.5 Å². The molecule has 41 heavy (non-hydrogen) atoms. The summed E-state index contributed by atoms with van der Waals surface area (Å²) in [6.45, 7) is 8.71. The lowest BCUT2D eigenvalue weighted by Gasteiger charge is -2.36. The third kappa shape index (κ3) is 8.05. The number of hydrogen-bond acceptors (Lipinski definition) is 8. The van der Waals surface area contributed by atoms with Crippen LogP contribution in [0.1, 0.15) is 56.0 Å². The second kappa shape index (κ2) is 14.2. The Bertz CT molecular complexity index is 1160. The molecule has 0 bridgehead atoms. The quantitative estimate of drug-likeness (QED) is 0.525. The van der Waals surface area contributed by atoms with Gasteiger partial charge in [0.1, 0.15) is 5.75 Å². The van der Waals surface area contributed by atoms with E-state index in [4.69, 9.17) is 18.9 Å². The number of likely N-dealkylation sites (N-methyl/N-ethyl adjacent to an activating group) is 1. The number of aliphatic hydroxyl groups excluding tert-OH is 1. The highest BCUT2D eigenvalue weighted by Crippen LogP contribution is 2.33. The van der Waals surface area contributed by atoms with Crippen LogP contribution in [0.4, 0.5) is 5.69 Å². The van der Waals surface area contributed by atoms with Crippen molar-refractivity contribution in [2.45, 2.75) is 64.8 Å². The number of fused-ring (bicyclic) bond motifs is 2. The van der Waals surface area contributed by atoms with Gasteiger partial charge in [-0.05, 0) is 76.1 Å². The minimum Gasteiger partial charge on any atom is -0.490 e. The third-order valence-electron chi connectivity index (χ3n) is 7.93. The van der Waals surface area contributed by atoms with Crippen molar-refractivity contribution in [3.8, 4) is 17.2 Å². The Morgan fingerprint density at radius 1 is 1.02 bits per heavy atom. The molecule has 0 aliphatic carbocycles. The average molecular weight is 570 g/mol. The van der Waals surface area contributed by atoms with Crippen LogP contribution in [0.2, 0.25) is 0 Å². The van der Waals surface area contributed by atoms with E-state index in [1.54, 1.807) is 4.90 Å². The Balaban J connectivity index is 1.57. The number of benzene rings is 2. The Labute approximate surface area is 244 Å². The fourth-order valence-electron chi connectivity index (χ4n) is 5.37. The lowest BCUT2D eigenvalue weighted by Crippen LogP contribution is -2.47. The number of carbonyl (C=O) groups is 1. The Morgan fingerprint density at radius 3 is 2.54 bits per heavy atom. The van der Waals surface area contributed by atoms with Crippen LogP contribution in [0.5, 0.6) is 17.2 Å². The molecule has 4 rings (SSSR count). The maximum Gasteiger partial charge on any atom is 0.258 e. The molecule has 0 saturated heterocycles. The number of anilines is 1. The number of aliphatic hydroxyl groups is 1. The van der Waals surface area contributed by atoms with Gasteiger partial charge in [-0.25, -0.2) is 0 Å². The van der Waals surface area contributed by atoms with Crippen molar-refractivity contribution in [2.75, 3.05) is 59.1 Å². The van der Waals surface area contributed by atoms with Crippen molar-refractivity contribution in [3.05, 3.63) is 47.5 Å². The van der Waals surface area contributed by atoms with Gasteiger partial charge in [-0.15, -0.1) is 0 Å². The second-order valence-corrected chi connectivity index (χ2v) is 11.8. The SMILES string of the molecule is C[C@@H]1CCCCO[C@H](CN(C)Cc2ccc3c(c2)OCO3)[C@@H](C)CN([C@H](C)CO)C(=O)c2cc(N(C)C)ccc2O1. The molecule has 2 heterocycles. The Kier molecular flexibility index (Phi) is 10.8. The molecule has 0 fully saturated rings. The molecule has 9 heteroatoms. The van der Waals surface area contributed by atoms with E-state index in [9.17, 15) is 9.90 Å². The first-order chi connectivity index (χ1) is 19.7. The first-order valence-electron chi connectivity index (χ1n) is 14.7. The zero-order valence-corrected chi connectivity index (χ0v) is 25.5. The molecule has 1 amide bonds. The predicted molar refractivity (Wildman–Crippen MR) is 160 cm³/mol. The smallest absolute Gasteiger partial charge is 0.258 e. The molecule has 4 atom stereocenters. The van der Waals surface area contributed by atoms with Gasteiger partial charge in [0.25, 0.3) is 5.91 Å². The molecule has 2 aliphatic heterocycles. The van der Waals surface area contributed by atoms with E-state index in [0.29, 0.717) is 31.0 Å². The number of hydrogen-bond donors (Lipinski definition) is 1. The van der Waals surface area contributed by atoms with Gasteiger partial charge >= 0.3 is 0 Å². The maximum absolute atomic E-state index is 14.1. The van der Waals surface area contributed by atoms with Crippen LogP contribution in [0.3, 0.4) is 0 Å². The zero-order valence-electron chi connectivity index (χ0n) is 25.5. The topological polar surface area (TPSA) is 83.9 Å². The largest absolute Gasteiger partial charge is 0.490 e. The second-order valence-electron chi connectivity index (χ2n) is 11.8. The lowest BCUT2D eigenvalue weighted by atomic mass is 10.0. The molecule has 0 aromatic heterocycles. The van der Waals surface area contributed by atoms with Crippen LogP contribution in [0, 0.1) is 5.92 Å². The van der Waals surface area contributed by atoms with Crippen molar-refractivity contribution in [2.24, 2.45) is 5.92 Å². The highest BCUT2D eigenvalue weighted by molar-refractivity contribution is 5.98. The molecule has 1 N–H and O–H groups in total. The van der Waals surface area contributed by atoms with Crippen molar-refractivity contribution in [1.82, 2.24) is 9.80 Å². The minimum absolute atomic E-state index is 0.0235. The number of ether oxygens (including phenoxy) is 4. The summed E-state index contributed by atoms with van der Waals surface area (Å²) < 4.78 is 23.8. The van der Waals surface area contributed by atoms with Crippen molar-refractivity contribution < 1.29 is 28.8 Å². The molecule has 2 aromatic carbocycles. The van der Waals surface area contributed by atoms with E-state index < -0.39 is 0 Å². The number of carbonyl (C=O) groups excluding carboxylic acids is 1. The van der Waals surface area contributed by atoms with Crippen LogP contribution in [-0.2, 0) is 11.3 Å². The predicted octanol–water partition coefficient (Wildman–Crippen LogP) is 4.41. The molecule has 2 aliphatic rings. The van der Waals surface area contributed by atoms with Gasteiger partial charge in [0.05, 0.1) is 30.4 Å². The molecular formula is C32H47N3O6. The molecule has 9 nitrogen and oxygen atoms in total. The average Bonchev–Trinajstić information content (AvgIpc) is 3.42. The third-order valence-corrected chi connectivity index (χ3v) is 7.93. The van der Waals surface area contributed by atoms with E-state index in [2.05, 4.69) is 24.9 Å². The fourth-order valence-corrected chi connectivity index (χ4v) is 5.37. The van der Waals surface area contributed by atoms with E-state index in [0.717, 1.165) is 48.6 Å². The van der Waals surface area contributed by atoms with Gasteiger partial charge < -0.3 is 33.9 Å². The molecule has 226 valence electrons. The van der Waals surface area contributed by atoms with E-state index >= 15 is 0 Å². The maximum atomic E-state index is 14.1. The molecule has 2 aromatic rings. The summed E-state index contributed by atoms with van der Waals surface area (Å²) in [5.41, 5.74) is 2.58. The van der Waals surface area contributed by atoms with Gasteiger partial charge in [0.2, 0.25) is 6.79 Å². The van der Waals surface area contributed by atoms with Crippen LogP contribution in [0.25, 0.3) is 0 Å². The first kappa shape index (κ1) is 30.9. The number of rotatable bonds is 7. The highest BCUT2D eigenvalue weighted by atomic mass is 16.7. The van der Waals surface area contributed by atoms with Crippen molar-refractivity contribution in [1.29, 1.82) is 0 Å². The van der Waals surface area contributed by atoms with Gasteiger partial charge in [-0.3, -0.25) is 9.69 Å². The summed E-state index contributed by atoms with van der Waals surface area (Å²) in [6.07, 6.45) is 2.64. The molecule has 0 unspecified atom stereocenters. The van der Waals surface area contributed by atoms with Gasteiger partial charge in [-0.2, -0.15) is 0 Å². The lowest BCUT2D eigenvalue weighted by molar-refractivity contribution is -0.0177. The molecule has 0 spiro atoms. The van der Waals surface area contributed by atoms with Crippen molar-refractivity contribution >= 4 is 11.6 Å². The minimum atomic E-state index is -0.363. The highest BCUT2D eigenvalue weighted by Gasteiger charge is 2.30. The van der Waals surface area contributed by atoms with E-state index in [1.807, 2.05) is 63.2 Å².